The quantitative estimate of drug-likeness (QED) is 0.689. The molecule has 146 valence electrons. The largest absolute Gasteiger partial charge is 0.508 e. The van der Waals surface area contributed by atoms with Crippen molar-refractivity contribution in [1.82, 2.24) is 9.97 Å². The molecule has 0 radical (unpaired) electrons. The molecule has 1 aromatic heterocycles. The van der Waals surface area contributed by atoms with Gasteiger partial charge in [-0.2, -0.15) is 0 Å². The fraction of sp³-hybridized carbons (Fsp3) is 0.143. The van der Waals surface area contributed by atoms with Crippen molar-refractivity contribution >= 4 is 34.8 Å². The van der Waals surface area contributed by atoms with Crippen molar-refractivity contribution in [3.63, 3.8) is 0 Å². The first kappa shape index (κ1) is 18.9. The zero-order valence-electron chi connectivity index (χ0n) is 15.2. The second-order valence-corrected chi connectivity index (χ2v) is 7.15. The lowest BCUT2D eigenvalue weighted by Crippen LogP contribution is -2.28. The molecule has 0 bridgehead atoms. The van der Waals surface area contributed by atoms with Crippen LogP contribution in [0.15, 0.2) is 60.9 Å². The van der Waals surface area contributed by atoms with E-state index in [9.17, 15) is 14.7 Å². The summed E-state index contributed by atoms with van der Waals surface area (Å²) in [5.74, 6) is -0.279. The Morgan fingerprint density at radius 2 is 1.86 bits per heavy atom. The number of carbonyl (C=O) groups is 2. The van der Waals surface area contributed by atoms with Crippen LogP contribution in [0.2, 0.25) is 5.02 Å². The Morgan fingerprint density at radius 3 is 2.55 bits per heavy atom. The third-order valence-electron chi connectivity index (χ3n) is 4.66. The summed E-state index contributed by atoms with van der Waals surface area (Å²) in [6.07, 6.45) is 3.13. The van der Waals surface area contributed by atoms with Gasteiger partial charge in [-0.15, -0.1) is 0 Å². The topological polar surface area (TPSA) is 95.4 Å². The predicted molar refractivity (Wildman–Crippen MR) is 110 cm³/mol. The Kier molecular flexibility index (Phi) is 5.14. The van der Waals surface area contributed by atoms with Crippen LogP contribution in [0, 0.1) is 5.92 Å². The molecule has 1 saturated heterocycles. The molecule has 7 nitrogen and oxygen atoms in total. The van der Waals surface area contributed by atoms with Gasteiger partial charge in [0, 0.05) is 29.2 Å². The first-order valence-electron chi connectivity index (χ1n) is 8.98. The molecule has 1 aliphatic rings. The standard InChI is InChI=1S/C21H17ClN4O3/c22-15-4-6-17(7-5-15)26-12-14(9-19(26)28)21(29)25-16-10-23-20(24-11-16)13-2-1-3-18(27)8-13/h1-8,10-11,14,27H,9,12H2,(H,25,29). The van der Waals surface area contributed by atoms with E-state index in [0.717, 1.165) is 0 Å². The number of rotatable bonds is 4. The molecule has 2 heterocycles. The first-order valence-corrected chi connectivity index (χ1v) is 9.35. The van der Waals surface area contributed by atoms with E-state index in [1.807, 2.05) is 0 Å². The molecule has 1 atom stereocenters. The molecule has 2 N–H and O–H groups in total. The van der Waals surface area contributed by atoms with E-state index in [1.54, 1.807) is 53.4 Å². The smallest absolute Gasteiger partial charge is 0.229 e. The molecular weight excluding hydrogens is 392 g/mol. The Balaban J connectivity index is 1.42. The molecule has 2 amide bonds. The Morgan fingerprint density at radius 1 is 1.14 bits per heavy atom. The van der Waals surface area contributed by atoms with Gasteiger partial charge in [0.25, 0.3) is 0 Å². The number of halogens is 1. The Bertz CT molecular complexity index is 1050. The van der Waals surface area contributed by atoms with Crippen LogP contribution in [-0.2, 0) is 9.59 Å². The highest BCUT2D eigenvalue weighted by molar-refractivity contribution is 6.30. The van der Waals surface area contributed by atoms with E-state index in [-0.39, 0.29) is 24.0 Å². The number of nitrogens with zero attached hydrogens (tertiary/aromatic N) is 3. The molecule has 3 aromatic rings. The van der Waals surface area contributed by atoms with Crippen LogP contribution in [0.5, 0.6) is 5.75 Å². The van der Waals surface area contributed by atoms with Gasteiger partial charge in [0.1, 0.15) is 5.75 Å². The number of amides is 2. The minimum absolute atomic E-state index is 0.108. The second kappa shape index (κ2) is 7.89. The molecule has 8 heteroatoms. The van der Waals surface area contributed by atoms with Crippen molar-refractivity contribution in [3.8, 4) is 17.1 Å². The summed E-state index contributed by atoms with van der Waals surface area (Å²) in [6.45, 7) is 0.300. The van der Waals surface area contributed by atoms with Gasteiger partial charge < -0.3 is 15.3 Å². The average molecular weight is 409 g/mol. The van der Waals surface area contributed by atoms with Gasteiger partial charge in [-0.25, -0.2) is 9.97 Å². The lowest BCUT2D eigenvalue weighted by atomic mass is 10.1. The molecule has 29 heavy (non-hydrogen) atoms. The monoisotopic (exact) mass is 408 g/mol. The number of phenolic OH excluding ortho intramolecular Hbond substituents is 1. The minimum atomic E-state index is -0.469. The van der Waals surface area contributed by atoms with Crippen molar-refractivity contribution in [1.29, 1.82) is 0 Å². The van der Waals surface area contributed by atoms with Gasteiger partial charge in [-0.3, -0.25) is 9.59 Å². The Labute approximate surface area is 172 Å². The maximum absolute atomic E-state index is 12.6. The SMILES string of the molecule is O=C(Nc1cnc(-c2cccc(O)c2)nc1)C1CC(=O)N(c2ccc(Cl)cc2)C1. The van der Waals surface area contributed by atoms with E-state index in [4.69, 9.17) is 11.6 Å². The molecule has 1 unspecified atom stereocenters. The number of carbonyl (C=O) groups excluding carboxylic acids is 2. The molecule has 1 fully saturated rings. The summed E-state index contributed by atoms with van der Waals surface area (Å²) in [4.78, 5) is 35.0. The van der Waals surface area contributed by atoms with Crippen molar-refractivity contribution in [2.45, 2.75) is 6.42 Å². The molecule has 0 saturated carbocycles. The summed E-state index contributed by atoms with van der Waals surface area (Å²) >= 11 is 5.89. The molecule has 0 aliphatic carbocycles. The number of benzene rings is 2. The fourth-order valence-corrected chi connectivity index (χ4v) is 3.31. The predicted octanol–water partition coefficient (Wildman–Crippen LogP) is 3.49. The van der Waals surface area contributed by atoms with Crippen molar-refractivity contribution in [2.24, 2.45) is 5.92 Å². The van der Waals surface area contributed by atoms with Crippen LogP contribution in [0.4, 0.5) is 11.4 Å². The summed E-state index contributed by atoms with van der Waals surface area (Å²) < 4.78 is 0. The number of anilines is 2. The van der Waals surface area contributed by atoms with Crippen LogP contribution >= 0.6 is 11.6 Å². The van der Waals surface area contributed by atoms with Gasteiger partial charge >= 0.3 is 0 Å². The van der Waals surface area contributed by atoms with Crippen LogP contribution in [0.25, 0.3) is 11.4 Å². The number of hydrogen-bond acceptors (Lipinski definition) is 5. The lowest BCUT2D eigenvalue weighted by molar-refractivity contribution is -0.122. The van der Waals surface area contributed by atoms with E-state index >= 15 is 0 Å². The van der Waals surface area contributed by atoms with E-state index < -0.39 is 5.92 Å². The Hall–Kier alpha value is -3.45. The van der Waals surface area contributed by atoms with Crippen LogP contribution < -0.4 is 10.2 Å². The number of hydrogen-bond donors (Lipinski definition) is 2. The second-order valence-electron chi connectivity index (χ2n) is 6.72. The van der Waals surface area contributed by atoms with E-state index in [1.165, 1.54) is 12.4 Å². The van der Waals surface area contributed by atoms with Gasteiger partial charge in [0.05, 0.1) is 24.0 Å². The highest BCUT2D eigenvalue weighted by Gasteiger charge is 2.35. The number of nitrogens with one attached hydrogen (secondary N) is 1. The molecular formula is C21H17ClN4O3. The van der Waals surface area contributed by atoms with Crippen molar-refractivity contribution < 1.29 is 14.7 Å². The number of phenols is 1. The normalized spacial score (nSPS) is 16.1. The van der Waals surface area contributed by atoms with Crippen LogP contribution in [0.1, 0.15) is 6.42 Å². The lowest BCUT2D eigenvalue weighted by Gasteiger charge is -2.16. The number of aromatic hydroxyl groups is 1. The van der Waals surface area contributed by atoms with Gasteiger partial charge in [0.15, 0.2) is 5.82 Å². The van der Waals surface area contributed by atoms with Crippen molar-refractivity contribution in [2.75, 3.05) is 16.8 Å². The van der Waals surface area contributed by atoms with Gasteiger partial charge in [-0.05, 0) is 36.4 Å². The number of aromatic nitrogens is 2. The fourth-order valence-electron chi connectivity index (χ4n) is 3.18. The van der Waals surface area contributed by atoms with E-state index in [2.05, 4.69) is 15.3 Å². The average Bonchev–Trinajstić information content (AvgIpc) is 3.11. The van der Waals surface area contributed by atoms with Gasteiger partial charge in [-0.1, -0.05) is 23.7 Å². The van der Waals surface area contributed by atoms with Crippen LogP contribution in [0.3, 0.4) is 0 Å². The molecule has 4 rings (SSSR count). The minimum Gasteiger partial charge on any atom is -0.508 e. The maximum atomic E-state index is 12.6. The third kappa shape index (κ3) is 4.20. The van der Waals surface area contributed by atoms with Gasteiger partial charge in [0.2, 0.25) is 11.8 Å². The first-order chi connectivity index (χ1) is 14.0. The van der Waals surface area contributed by atoms with E-state index in [0.29, 0.717) is 34.3 Å². The summed E-state index contributed by atoms with van der Waals surface area (Å²) in [6, 6.07) is 13.5. The molecule has 1 aliphatic heterocycles. The summed E-state index contributed by atoms with van der Waals surface area (Å²) in [5, 5.41) is 12.9. The zero-order chi connectivity index (χ0) is 20.4. The zero-order valence-corrected chi connectivity index (χ0v) is 16.0. The highest BCUT2D eigenvalue weighted by atomic mass is 35.5. The van der Waals surface area contributed by atoms with Crippen LogP contribution in [-0.4, -0.2) is 33.4 Å². The van der Waals surface area contributed by atoms with Crippen molar-refractivity contribution in [3.05, 3.63) is 65.9 Å². The molecule has 0 spiro atoms. The summed E-state index contributed by atoms with van der Waals surface area (Å²) in [7, 11) is 0. The highest BCUT2D eigenvalue weighted by Crippen LogP contribution is 2.27. The maximum Gasteiger partial charge on any atom is 0.229 e. The third-order valence-corrected chi connectivity index (χ3v) is 4.91. The molecule has 2 aromatic carbocycles. The summed E-state index contributed by atoms with van der Waals surface area (Å²) in [5.41, 5.74) is 1.83.